The Hall–Kier alpha value is -1.32. The third kappa shape index (κ3) is 2.60. The van der Waals surface area contributed by atoms with Gasteiger partial charge in [-0.05, 0) is 45.0 Å². The predicted octanol–water partition coefficient (Wildman–Crippen LogP) is 2.85. The van der Waals surface area contributed by atoms with E-state index in [0.29, 0.717) is 6.04 Å². The highest BCUT2D eigenvalue weighted by molar-refractivity contribution is 5.83. The van der Waals surface area contributed by atoms with Crippen LogP contribution in [0.15, 0.2) is 30.5 Å². The van der Waals surface area contributed by atoms with Crippen LogP contribution in [0.1, 0.15) is 25.3 Å². The molecule has 2 aromatic rings. The Morgan fingerprint density at radius 2 is 2.20 bits per heavy atom. The number of para-hydroxylation sites is 1. The summed E-state index contributed by atoms with van der Waals surface area (Å²) in [5.41, 5.74) is 2.82. The number of hydrogen-bond acceptors (Lipinski definition) is 2. The molecular weight excluding hydrogens is 246 g/mol. The van der Waals surface area contributed by atoms with Crippen molar-refractivity contribution in [1.82, 2.24) is 14.8 Å². The molecule has 0 bridgehead atoms. The number of nitrogens with zero attached hydrogens (tertiary/aromatic N) is 2. The number of nitrogens with one attached hydrogen (secondary N) is 1. The lowest BCUT2D eigenvalue weighted by atomic mass is 10.1. The molecule has 3 nitrogen and oxygen atoms in total. The number of hydrogen-bond donors (Lipinski definition) is 1. The largest absolute Gasteiger partial charge is 0.347 e. The lowest BCUT2D eigenvalue weighted by molar-refractivity contribution is 0.196. The minimum Gasteiger partial charge on any atom is -0.347 e. The van der Waals surface area contributed by atoms with Gasteiger partial charge in [0.05, 0.1) is 0 Å². The summed E-state index contributed by atoms with van der Waals surface area (Å²) in [5, 5.41) is 4.92. The predicted molar refractivity (Wildman–Crippen MR) is 85.0 cm³/mol. The summed E-state index contributed by atoms with van der Waals surface area (Å²) in [6.45, 7) is 6.60. The van der Waals surface area contributed by atoms with E-state index in [1.54, 1.807) is 0 Å². The van der Waals surface area contributed by atoms with Crippen LogP contribution in [0, 0.1) is 0 Å². The summed E-state index contributed by atoms with van der Waals surface area (Å²) in [4.78, 5) is 2.51. The molecule has 0 spiro atoms. The van der Waals surface area contributed by atoms with Crippen LogP contribution in [0.4, 0.5) is 0 Å². The van der Waals surface area contributed by atoms with Crippen molar-refractivity contribution in [1.29, 1.82) is 0 Å². The van der Waals surface area contributed by atoms with E-state index >= 15 is 0 Å². The van der Waals surface area contributed by atoms with Crippen LogP contribution in [0.5, 0.6) is 0 Å². The van der Waals surface area contributed by atoms with E-state index in [0.717, 1.165) is 19.6 Å². The van der Waals surface area contributed by atoms with Gasteiger partial charge >= 0.3 is 0 Å². The SMILES string of the molecule is CCn1cc(CN(C)C2CCCNC2)c2ccccc21. The molecule has 1 aromatic heterocycles. The first-order valence-corrected chi connectivity index (χ1v) is 7.77. The molecule has 0 radical (unpaired) electrons. The van der Waals surface area contributed by atoms with Crippen LogP contribution >= 0.6 is 0 Å². The molecule has 3 heteroatoms. The van der Waals surface area contributed by atoms with Crippen LogP contribution in [-0.2, 0) is 13.1 Å². The topological polar surface area (TPSA) is 20.2 Å². The van der Waals surface area contributed by atoms with Crippen LogP contribution in [0.2, 0.25) is 0 Å². The molecule has 108 valence electrons. The van der Waals surface area contributed by atoms with E-state index in [1.807, 2.05) is 0 Å². The Balaban J connectivity index is 1.83. The maximum Gasteiger partial charge on any atom is 0.0483 e. The van der Waals surface area contributed by atoms with Gasteiger partial charge in [-0.25, -0.2) is 0 Å². The Morgan fingerprint density at radius 3 is 2.95 bits per heavy atom. The van der Waals surface area contributed by atoms with Gasteiger partial charge in [0.25, 0.3) is 0 Å². The Morgan fingerprint density at radius 1 is 1.35 bits per heavy atom. The van der Waals surface area contributed by atoms with E-state index in [-0.39, 0.29) is 0 Å². The fourth-order valence-corrected chi connectivity index (χ4v) is 3.32. The molecule has 0 aliphatic carbocycles. The van der Waals surface area contributed by atoms with E-state index < -0.39 is 0 Å². The van der Waals surface area contributed by atoms with Gasteiger partial charge < -0.3 is 9.88 Å². The van der Waals surface area contributed by atoms with Gasteiger partial charge in [-0.2, -0.15) is 0 Å². The first kappa shape index (κ1) is 13.7. The summed E-state index contributed by atoms with van der Waals surface area (Å²) in [5.74, 6) is 0. The highest BCUT2D eigenvalue weighted by Gasteiger charge is 2.19. The third-order valence-corrected chi connectivity index (χ3v) is 4.53. The molecule has 1 aliphatic rings. The molecule has 0 saturated carbocycles. The van der Waals surface area contributed by atoms with Gasteiger partial charge in [-0.15, -0.1) is 0 Å². The van der Waals surface area contributed by atoms with Gasteiger partial charge in [0.2, 0.25) is 0 Å². The first-order chi connectivity index (χ1) is 9.79. The van der Waals surface area contributed by atoms with Crippen LogP contribution < -0.4 is 5.32 Å². The minimum atomic E-state index is 0.674. The van der Waals surface area contributed by atoms with Gasteiger partial charge in [-0.3, -0.25) is 4.90 Å². The molecule has 1 aromatic carbocycles. The van der Waals surface area contributed by atoms with E-state index in [1.165, 1.54) is 35.9 Å². The van der Waals surface area contributed by atoms with Crippen molar-refractivity contribution in [3.8, 4) is 0 Å². The molecular formula is C17H25N3. The van der Waals surface area contributed by atoms with E-state index in [2.05, 4.69) is 59.2 Å². The molecule has 1 atom stereocenters. The standard InChI is InChI=1S/C17H25N3/c1-3-20-13-14(16-8-4-5-9-17(16)20)12-19(2)15-7-6-10-18-11-15/h4-5,8-9,13,15,18H,3,6-7,10-12H2,1-2H3. The second-order valence-corrected chi connectivity index (χ2v) is 5.87. The zero-order chi connectivity index (χ0) is 13.9. The molecule has 1 unspecified atom stereocenters. The van der Waals surface area contributed by atoms with Crippen molar-refractivity contribution in [2.75, 3.05) is 20.1 Å². The van der Waals surface area contributed by atoms with Crippen molar-refractivity contribution >= 4 is 10.9 Å². The maximum absolute atomic E-state index is 3.51. The number of aryl methyl sites for hydroxylation is 1. The van der Waals surface area contributed by atoms with E-state index in [4.69, 9.17) is 0 Å². The van der Waals surface area contributed by atoms with Gasteiger partial charge in [0, 0.05) is 42.8 Å². The monoisotopic (exact) mass is 271 g/mol. The van der Waals surface area contributed by atoms with Crippen molar-refractivity contribution in [2.24, 2.45) is 0 Å². The van der Waals surface area contributed by atoms with Crippen LogP contribution in [0.25, 0.3) is 10.9 Å². The summed E-state index contributed by atoms with van der Waals surface area (Å²) >= 11 is 0. The van der Waals surface area contributed by atoms with Crippen molar-refractivity contribution in [2.45, 2.75) is 38.9 Å². The molecule has 1 fully saturated rings. The molecule has 1 aliphatic heterocycles. The maximum atomic E-state index is 3.51. The molecule has 0 amide bonds. The van der Waals surface area contributed by atoms with Gasteiger partial charge in [0.1, 0.15) is 0 Å². The third-order valence-electron chi connectivity index (χ3n) is 4.53. The Labute approximate surface area is 121 Å². The van der Waals surface area contributed by atoms with Crippen molar-refractivity contribution in [3.63, 3.8) is 0 Å². The van der Waals surface area contributed by atoms with E-state index in [9.17, 15) is 0 Å². The summed E-state index contributed by atoms with van der Waals surface area (Å²) < 4.78 is 2.36. The average Bonchev–Trinajstić information content (AvgIpc) is 2.86. The molecule has 20 heavy (non-hydrogen) atoms. The van der Waals surface area contributed by atoms with Crippen molar-refractivity contribution in [3.05, 3.63) is 36.0 Å². The second kappa shape index (κ2) is 5.98. The fourth-order valence-electron chi connectivity index (χ4n) is 3.32. The first-order valence-electron chi connectivity index (χ1n) is 7.77. The van der Waals surface area contributed by atoms with Gasteiger partial charge in [-0.1, -0.05) is 18.2 Å². The summed E-state index contributed by atoms with van der Waals surface area (Å²) in [6.07, 6.45) is 4.94. The lowest BCUT2D eigenvalue weighted by Gasteiger charge is -2.31. The average molecular weight is 271 g/mol. The number of benzene rings is 1. The summed E-state index contributed by atoms with van der Waals surface area (Å²) in [6, 6.07) is 9.43. The summed E-state index contributed by atoms with van der Waals surface area (Å²) in [7, 11) is 2.26. The number of fused-ring (bicyclic) bond motifs is 1. The van der Waals surface area contributed by atoms with Crippen molar-refractivity contribution < 1.29 is 0 Å². The molecule has 1 N–H and O–H groups in total. The lowest BCUT2D eigenvalue weighted by Crippen LogP contribution is -2.43. The molecule has 3 rings (SSSR count). The Kier molecular flexibility index (Phi) is 4.08. The normalized spacial score (nSPS) is 19.9. The number of piperidine rings is 1. The number of aromatic nitrogens is 1. The Bertz CT molecular complexity index is 567. The highest BCUT2D eigenvalue weighted by Crippen LogP contribution is 2.23. The zero-order valence-corrected chi connectivity index (χ0v) is 12.6. The smallest absolute Gasteiger partial charge is 0.0483 e. The van der Waals surface area contributed by atoms with Gasteiger partial charge in [0.15, 0.2) is 0 Å². The zero-order valence-electron chi connectivity index (χ0n) is 12.6. The molecule has 2 heterocycles. The second-order valence-electron chi connectivity index (χ2n) is 5.87. The van der Waals surface area contributed by atoms with Crippen LogP contribution in [0.3, 0.4) is 0 Å². The minimum absolute atomic E-state index is 0.674. The number of rotatable bonds is 4. The quantitative estimate of drug-likeness (QED) is 0.923. The number of likely N-dealkylation sites (N-methyl/N-ethyl adjacent to an activating group) is 1. The molecule has 1 saturated heterocycles. The van der Waals surface area contributed by atoms with Crippen LogP contribution in [-0.4, -0.2) is 35.6 Å². The fraction of sp³-hybridized carbons (Fsp3) is 0.529. The highest BCUT2D eigenvalue weighted by atomic mass is 15.2.